The number of likely N-dealkylation sites (N-methyl/N-ethyl adjacent to an activating group) is 1. The van der Waals surface area contributed by atoms with Gasteiger partial charge in [0, 0.05) is 19.5 Å². The van der Waals surface area contributed by atoms with Gasteiger partial charge in [0.25, 0.3) is 10.0 Å². The predicted octanol–water partition coefficient (Wildman–Crippen LogP) is 3.28. The first-order valence-electron chi connectivity index (χ1n) is 10.9. The van der Waals surface area contributed by atoms with E-state index in [1.54, 1.807) is 0 Å². The third kappa shape index (κ3) is 6.89. The van der Waals surface area contributed by atoms with Crippen molar-refractivity contribution >= 4 is 22.0 Å². The number of carboxylic acids is 2. The Morgan fingerprint density at radius 1 is 0.682 bits per heavy atom. The first-order valence-corrected chi connectivity index (χ1v) is 12.3. The molecule has 0 aliphatic rings. The Bertz CT molecular complexity index is 1170. The van der Waals surface area contributed by atoms with Gasteiger partial charge in [-0.25, -0.2) is 8.42 Å². The Kier molecular flexibility index (Phi) is 11.4. The molecule has 0 atom stereocenters. The van der Waals surface area contributed by atoms with E-state index in [9.17, 15) is 97.8 Å². The highest BCUT2D eigenvalue weighted by molar-refractivity contribution is 7.90. The van der Waals surface area contributed by atoms with E-state index < -0.39 is 117 Å². The minimum Gasteiger partial charge on any atom is -0.544 e. The van der Waals surface area contributed by atoms with Crippen LogP contribution in [-0.2, 0) is 19.6 Å². The van der Waals surface area contributed by atoms with E-state index in [1.165, 1.54) is 0 Å². The van der Waals surface area contributed by atoms with Crippen LogP contribution in [0.3, 0.4) is 0 Å². The number of rotatable bonds is 17. The summed E-state index contributed by atoms with van der Waals surface area (Å²) in [6.45, 7) is -5.06. The summed E-state index contributed by atoms with van der Waals surface area (Å²) in [6.07, 6.45) is -10.5. The minimum atomic E-state index is -9.00. The molecule has 8 nitrogen and oxygen atoms in total. The van der Waals surface area contributed by atoms with Crippen LogP contribution in [0.4, 0.5) is 74.6 Å². The van der Waals surface area contributed by atoms with Gasteiger partial charge in [0.15, 0.2) is 0 Å². The highest BCUT2D eigenvalue weighted by atomic mass is 32.2. The highest BCUT2D eigenvalue weighted by Crippen LogP contribution is 2.64. The van der Waals surface area contributed by atoms with Crippen molar-refractivity contribution in [2.24, 2.45) is 0 Å². The quantitative estimate of drug-likeness (QED) is 0.183. The number of alkyl halides is 17. The zero-order valence-electron chi connectivity index (χ0n) is 21.5. The number of carboxylic acid groups (broad SMARTS) is 2. The number of halogens is 17. The molecular weight excluding hydrogens is 695 g/mol. The smallest absolute Gasteiger partial charge is 0.460 e. The molecule has 0 radical (unpaired) electrons. The van der Waals surface area contributed by atoms with Crippen molar-refractivity contribution in [1.29, 1.82) is 0 Å². The van der Waals surface area contributed by atoms with Crippen molar-refractivity contribution in [3.05, 3.63) is 0 Å². The molecule has 0 amide bonds. The molecule has 26 heteroatoms. The van der Waals surface area contributed by atoms with Gasteiger partial charge in [-0.05, 0) is 0 Å². The molecule has 0 aromatic rings. The Labute approximate surface area is 234 Å². The van der Waals surface area contributed by atoms with Crippen LogP contribution in [-0.4, -0.2) is 121 Å². The first kappa shape index (κ1) is 41.6. The summed E-state index contributed by atoms with van der Waals surface area (Å²) in [6, 6.07) is 0. The Morgan fingerprint density at radius 3 is 1.39 bits per heavy atom. The molecule has 44 heavy (non-hydrogen) atoms. The number of carbonyl (C=O) groups excluding carboxylic acids is 1. The topological polar surface area (TPSA) is 115 Å². The summed E-state index contributed by atoms with van der Waals surface area (Å²) < 4.78 is 252. The summed E-state index contributed by atoms with van der Waals surface area (Å²) in [4.78, 5) is 21.4. The zero-order valence-corrected chi connectivity index (χ0v) is 22.3. The van der Waals surface area contributed by atoms with Crippen LogP contribution in [0.1, 0.15) is 12.8 Å². The molecule has 1 N–H and O–H groups in total. The van der Waals surface area contributed by atoms with E-state index in [2.05, 4.69) is 0 Å². The van der Waals surface area contributed by atoms with Crippen LogP contribution in [0.15, 0.2) is 0 Å². The van der Waals surface area contributed by atoms with Gasteiger partial charge >= 0.3 is 52.9 Å². The lowest BCUT2D eigenvalue weighted by Gasteiger charge is -2.43. The van der Waals surface area contributed by atoms with Gasteiger partial charge in [-0.1, -0.05) is 0 Å². The molecular formula is C18H19F17N2O6S. The van der Waals surface area contributed by atoms with Gasteiger partial charge in [-0.3, -0.25) is 4.79 Å². The van der Waals surface area contributed by atoms with Crippen LogP contribution in [0.2, 0.25) is 0 Å². The van der Waals surface area contributed by atoms with E-state index >= 15 is 0 Å². The third-order valence-electron chi connectivity index (χ3n) is 5.66. The second kappa shape index (κ2) is 12.1. The molecule has 0 heterocycles. The van der Waals surface area contributed by atoms with Gasteiger partial charge in [0.2, 0.25) is 0 Å². The number of hydrogen-bond acceptors (Lipinski definition) is 5. The molecule has 0 rings (SSSR count). The number of quaternary nitrogens is 1. The zero-order chi connectivity index (χ0) is 36.0. The van der Waals surface area contributed by atoms with Crippen LogP contribution in [0, 0.1) is 0 Å². The third-order valence-corrected chi connectivity index (χ3v) is 7.61. The van der Waals surface area contributed by atoms with Crippen LogP contribution >= 0.6 is 0 Å². The SMILES string of the molecule is C[N+](C)(CCCN(CCC(=O)O)S(=O)(=O)C(F)(F)C(F)(F)C(F)(F)C(F)(F)C(F)(F)C(F)(F)C(F)(F)C(F)(F)F)CC(=O)[O-]. The van der Waals surface area contributed by atoms with Gasteiger partial charge in [-0.15, -0.1) is 0 Å². The molecule has 0 saturated carbocycles. The van der Waals surface area contributed by atoms with Gasteiger partial charge < -0.3 is 19.5 Å². The normalized spacial score (nSPS) is 15.5. The number of sulfonamides is 1. The molecule has 0 bridgehead atoms. The molecule has 0 spiro atoms. The largest absolute Gasteiger partial charge is 0.544 e. The van der Waals surface area contributed by atoms with Crippen LogP contribution in [0.5, 0.6) is 0 Å². The Hall–Kier alpha value is -2.38. The molecule has 0 aliphatic heterocycles. The molecule has 0 fully saturated rings. The standard InChI is InChI=1S/C18H19F17N2O6S/c1-37(2,8-10(40)41)7-3-5-36(6-4-9(38)39)44(42,43)18(34,35)16(29,30)14(25,26)12(21,22)11(19,20)13(23,24)15(27,28)17(31,32)33/h3-8H2,1-2H3,(H-,38,39,40,41). The van der Waals surface area contributed by atoms with Gasteiger partial charge in [0.05, 0.1) is 33.0 Å². The summed E-state index contributed by atoms with van der Waals surface area (Å²) >= 11 is 0. The molecule has 0 unspecified atom stereocenters. The molecule has 262 valence electrons. The van der Waals surface area contributed by atoms with Crippen LogP contribution < -0.4 is 5.11 Å². The fraction of sp³-hybridized carbons (Fsp3) is 0.889. The molecule has 0 aliphatic carbocycles. The van der Waals surface area contributed by atoms with Crippen LogP contribution in [0.25, 0.3) is 0 Å². The van der Waals surface area contributed by atoms with E-state index in [-0.39, 0.29) is 0 Å². The maximum absolute atomic E-state index is 14.5. The lowest BCUT2D eigenvalue weighted by molar-refractivity contribution is -0.884. The first-order chi connectivity index (χ1) is 18.9. The van der Waals surface area contributed by atoms with Gasteiger partial charge in [0.1, 0.15) is 6.54 Å². The number of carbonyl (C=O) groups is 2. The fourth-order valence-corrected chi connectivity index (χ4v) is 4.63. The average Bonchev–Trinajstić information content (AvgIpc) is 2.78. The highest BCUT2D eigenvalue weighted by Gasteiger charge is 2.96. The predicted molar refractivity (Wildman–Crippen MR) is 105 cm³/mol. The Morgan fingerprint density at radius 2 is 1.05 bits per heavy atom. The summed E-state index contributed by atoms with van der Waals surface area (Å²) in [7, 11) is -5.59. The van der Waals surface area contributed by atoms with E-state index in [0.29, 0.717) is 0 Å². The monoisotopic (exact) mass is 714 g/mol. The summed E-state index contributed by atoms with van der Waals surface area (Å²) in [5.41, 5.74) is 0. The second-order valence-corrected chi connectivity index (χ2v) is 11.5. The van der Waals surface area contributed by atoms with Crippen molar-refractivity contribution in [2.75, 3.05) is 40.3 Å². The number of hydrogen-bond donors (Lipinski definition) is 1. The maximum atomic E-state index is 14.5. The summed E-state index contributed by atoms with van der Waals surface area (Å²) in [5.74, 6) is -56.4. The van der Waals surface area contributed by atoms with Crippen molar-refractivity contribution in [2.45, 2.75) is 59.8 Å². The lowest BCUT2D eigenvalue weighted by atomic mass is 9.91. The molecule has 0 saturated heterocycles. The summed E-state index contributed by atoms with van der Waals surface area (Å²) in [5, 5.41) is 11.5. The van der Waals surface area contributed by atoms with Gasteiger partial charge in [-0.2, -0.15) is 78.9 Å². The lowest BCUT2D eigenvalue weighted by Crippen LogP contribution is -2.75. The number of nitrogens with zero attached hydrogens (tertiary/aromatic N) is 2. The molecule has 0 aromatic carbocycles. The maximum Gasteiger partial charge on any atom is 0.460 e. The van der Waals surface area contributed by atoms with Crippen molar-refractivity contribution in [1.82, 2.24) is 4.31 Å². The van der Waals surface area contributed by atoms with E-state index in [1.807, 2.05) is 0 Å². The van der Waals surface area contributed by atoms with Crippen molar-refractivity contribution in [3.63, 3.8) is 0 Å². The minimum absolute atomic E-state index is 0.641. The van der Waals surface area contributed by atoms with Crippen molar-refractivity contribution in [3.8, 4) is 0 Å². The second-order valence-electron chi connectivity index (χ2n) is 9.55. The molecule has 0 aromatic heterocycles. The Balaban J connectivity index is 6.94. The average molecular weight is 714 g/mol. The van der Waals surface area contributed by atoms with E-state index in [4.69, 9.17) is 5.11 Å². The van der Waals surface area contributed by atoms with E-state index in [0.717, 1.165) is 14.1 Å². The number of aliphatic carboxylic acids is 2. The van der Waals surface area contributed by atoms with Crippen molar-refractivity contribution < 1.29 is 107 Å². The fourth-order valence-electron chi connectivity index (χ4n) is 3.15.